The maximum atomic E-state index is 13.0. The van der Waals surface area contributed by atoms with Gasteiger partial charge in [0.25, 0.3) is 5.91 Å². The van der Waals surface area contributed by atoms with Crippen molar-refractivity contribution in [1.29, 1.82) is 0 Å². The van der Waals surface area contributed by atoms with Crippen LogP contribution in [-0.2, 0) is 0 Å². The zero-order valence-electron chi connectivity index (χ0n) is 12.3. The maximum Gasteiger partial charge on any atom is 0.250 e. The Morgan fingerprint density at radius 3 is 2.54 bits per heavy atom. The van der Waals surface area contributed by atoms with E-state index in [1.54, 1.807) is 12.1 Å². The molecule has 1 aliphatic rings. The first-order chi connectivity index (χ1) is 11.6. The molecule has 0 spiro atoms. The molecule has 2 aromatic carbocycles. The van der Waals surface area contributed by atoms with Crippen molar-refractivity contribution in [3.05, 3.63) is 64.9 Å². The molecule has 4 rings (SSSR count). The predicted molar refractivity (Wildman–Crippen MR) is 90.7 cm³/mol. The molecule has 0 saturated heterocycles. The van der Waals surface area contributed by atoms with Gasteiger partial charge in [0, 0.05) is 22.3 Å². The lowest BCUT2D eigenvalue weighted by molar-refractivity contribution is 0.0868. The largest absolute Gasteiger partial charge is 0.272 e. The van der Waals surface area contributed by atoms with Gasteiger partial charge in [0.15, 0.2) is 11.0 Å². The summed E-state index contributed by atoms with van der Waals surface area (Å²) in [5.74, 6) is -0.0110. The third-order valence-electron chi connectivity index (χ3n) is 3.77. The summed E-state index contributed by atoms with van der Waals surface area (Å²) in [6.45, 7) is 0. The van der Waals surface area contributed by atoms with Crippen molar-refractivity contribution in [3.63, 3.8) is 0 Å². The van der Waals surface area contributed by atoms with Gasteiger partial charge >= 0.3 is 0 Å². The SMILES string of the molecule is O=C1C[C@H](c2ccc(Cl)cc2)Sc2nc(-c3ccc(F)cc3)nn21. The topological polar surface area (TPSA) is 47.8 Å². The van der Waals surface area contributed by atoms with Crippen molar-refractivity contribution in [2.24, 2.45) is 0 Å². The van der Waals surface area contributed by atoms with Crippen molar-refractivity contribution < 1.29 is 9.18 Å². The number of carbonyl (C=O) groups excluding carboxylic acids is 1. The third-order valence-corrected chi connectivity index (χ3v) is 5.22. The van der Waals surface area contributed by atoms with E-state index < -0.39 is 0 Å². The second kappa shape index (κ2) is 6.03. The van der Waals surface area contributed by atoms with E-state index in [1.165, 1.54) is 28.6 Å². The number of hydrogen-bond acceptors (Lipinski definition) is 4. The quantitative estimate of drug-likeness (QED) is 0.670. The fourth-order valence-corrected chi connectivity index (χ4v) is 3.82. The first kappa shape index (κ1) is 15.4. The van der Waals surface area contributed by atoms with Gasteiger partial charge in [0.05, 0.1) is 0 Å². The predicted octanol–water partition coefficient (Wildman–Crippen LogP) is 4.61. The van der Waals surface area contributed by atoms with Crippen molar-refractivity contribution in [2.45, 2.75) is 16.8 Å². The average molecular weight is 360 g/mol. The van der Waals surface area contributed by atoms with Crippen molar-refractivity contribution in [2.75, 3.05) is 0 Å². The van der Waals surface area contributed by atoms with E-state index in [-0.39, 0.29) is 17.0 Å². The summed E-state index contributed by atoms with van der Waals surface area (Å²) >= 11 is 7.41. The van der Waals surface area contributed by atoms with Crippen LogP contribution in [0.25, 0.3) is 11.4 Å². The molecule has 0 aliphatic carbocycles. The number of carbonyl (C=O) groups is 1. The number of benzene rings is 2. The van der Waals surface area contributed by atoms with E-state index >= 15 is 0 Å². The number of halogens is 2. The molecule has 1 aliphatic heterocycles. The van der Waals surface area contributed by atoms with E-state index in [1.807, 2.05) is 24.3 Å². The Bertz CT molecular complexity index is 909. The van der Waals surface area contributed by atoms with Crippen molar-refractivity contribution in [3.8, 4) is 11.4 Å². The Hall–Kier alpha value is -2.18. The molecule has 2 heterocycles. The minimum Gasteiger partial charge on any atom is -0.272 e. The van der Waals surface area contributed by atoms with Crippen molar-refractivity contribution in [1.82, 2.24) is 14.8 Å². The number of thioether (sulfide) groups is 1. The van der Waals surface area contributed by atoms with Gasteiger partial charge in [0.2, 0.25) is 0 Å². The number of fused-ring (bicyclic) bond motifs is 1. The molecule has 0 amide bonds. The molecule has 0 N–H and O–H groups in total. The minimum atomic E-state index is -0.323. The summed E-state index contributed by atoms with van der Waals surface area (Å²) in [5, 5.41) is 5.45. The van der Waals surface area contributed by atoms with E-state index in [0.717, 1.165) is 5.56 Å². The molecule has 4 nitrogen and oxygen atoms in total. The number of aromatic nitrogens is 3. The average Bonchev–Trinajstić information content (AvgIpc) is 3.01. The fraction of sp³-hybridized carbons (Fsp3) is 0.118. The molecule has 24 heavy (non-hydrogen) atoms. The summed E-state index contributed by atoms with van der Waals surface area (Å²) in [7, 11) is 0. The second-order valence-electron chi connectivity index (χ2n) is 5.39. The van der Waals surface area contributed by atoms with Crippen LogP contribution in [0, 0.1) is 5.82 Å². The summed E-state index contributed by atoms with van der Waals surface area (Å²) < 4.78 is 14.4. The molecule has 7 heteroatoms. The Balaban J connectivity index is 1.66. The fourth-order valence-electron chi connectivity index (χ4n) is 2.54. The number of nitrogens with zero attached hydrogens (tertiary/aromatic N) is 3. The van der Waals surface area contributed by atoms with Crippen LogP contribution in [0.4, 0.5) is 4.39 Å². The summed E-state index contributed by atoms with van der Waals surface area (Å²) in [6, 6.07) is 13.4. The molecular weight excluding hydrogens is 349 g/mol. The number of rotatable bonds is 2. The van der Waals surface area contributed by atoms with Crippen molar-refractivity contribution >= 4 is 29.3 Å². The summed E-state index contributed by atoms with van der Waals surface area (Å²) in [4.78, 5) is 16.8. The van der Waals surface area contributed by atoms with Gasteiger partial charge in [-0.3, -0.25) is 4.79 Å². The number of hydrogen-bond donors (Lipinski definition) is 0. The molecule has 1 atom stereocenters. The van der Waals surface area contributed by atoms with Gasteiger partial charge in [-0.25, -0.2) is 9.37 Å². The molecule has 1 aromatic heterocycles. The van der Waals surface area contributed by atoms with E-state index in [9.17, 15) is 9.18 Å². The summed E-state index contributed by atoms with van der Waals surface area (Å²) in [5.41, 5.74) is 1.70. The molecule has 0 fully saturated rings. The lowest BCUT2D eigenvalue weighted by Gasteiger charge is -2.20. The highest BCUT2D eigenvalue weighted by Gasteiger charge is 2.30. The first-order valence-electron chi connectivity index (χ1n) is 7.28. The summed E-state index contributed by atoms with van der Waals surface area (Å²) in [6.07, 6.45) is 0.339. The molecule has 0 unspecified atom stereocenters. The molecule has 120 valence electrons. The maximum absolute atomic E-state index is 13.0. The third kappa shape index (κ3) is 2.83. The smallest absolute Gasteiger partial charge is 0.250 e. The highest BCUT2D eigenvalue weighted by molar-refractivity contribution is 7.99. The lowest BCUT2D eigenvalue weighted by Crippen LogP contribution is -2.20. The Morgan fingerprint density at radius 1 is 1.12 bits per heavy atom. The zero-order valence-corrected chi connectivity index (χ0v) is 13.9. The van der Waals surface area contributed by atoms with Crippen LogP contribution in [0.2, 0.25) is 5.02 Å². The van der Waals surface area contributed by atoms with Crippen LogP contribution in [-0.4, -0.2) is 20.7 Å². The molecule has 0 saturated carbocycles. The van der Waals surface area contributed by atoms with Gasteiger partial charge in [-0.15, -0.1) is 5.10 Å². The van der Waals surface area contributed by atoms with Gasteiger partial charge in [0.1, 0.15) is 5.82 Å². The van der Waals surface area contributed by atoms with E-state index in [0.29, 0.717) is 28.0 Å². The molecule has 3 aromatic rings. The van der Waals surface area contributed by atoms with Crippen LogP contribution in [0.5, 0.6) is 0 Å². The molecule has 0 radical (unpaired) electrons. The van der Waals surface area contributed by atoms with Gasteiger partial charge in [-0.2, -0.15) is 4.68 Å². The van der Waals surface area contributed by atoms with Crippen LogP contribution < -0.4 is 0 Å². The van der Waals surface area contributed by atoms with Crippen LogP contribution >= 0.6 is 23.4 Å². The van der Waals surface area contributed by atoms with Gasteiger partial charge in [-0.1, -0.05) is 35.5 Å². The minimum absolute atomic E-state index is 0.0208. The zero-order chi connectivity index (χ0) is 16.7. The van der Waals surface area contributed by atoms with Gasteiger partial charge < -0.3 is 0 Å². The lowest BCUT2D eigenvalue weighted by atomic mass is 10.1. The van der Waals surface area contributed by atoms with Gasteiger partial charge in [-0.05, 0) is 42.0 Å². The van der Waals surface area contributed by atoms with Crippen LogP contribution in [0.3, 0.4) is 0 Å². The second-order valence-corrected chi connectivity index (χ2v) is 7.00. The molecule has 0 bridgehead atoms. The van der Waals surface area contributed by atoms with E-state index in [4.69, 9.17) is 11.6 Å². The normalized spacial score (nSPS) is 16.9. The standard InChI is InChI=1S/C17H11ClFN3OS/c18-12-5-1-10(2-6-12)14-9-15(23)22-17(24-14)20-16(21-22)11-3-7-13(19)8-4-11/h1-8,14H,9H2/t14-/m1/s1. The highest BCUT2D eigenvalue weighted by Crippen LogP contribution is 2.41. The monoisotopic (exact) mass is 359 g/mol. The Morgan fingerprint density at radius 2 is 1.83 bits per heavy atom. The van der Waals surface area contributed by atoms with E-state index in [2.05, 4.69) is 10.1 Å². The van der Waals surface area contributed by atoms with Crippen LogP contribution in [0.1, 0.15) is 22.0 Å². The van der Waals surface area contributed by atoms with Crippen LogP contribution in [0.15, 0.2) is 53.7 Å². The Labute approximate surface area is 146 Å². The Kier molecular flexibility index (Phi) is 3.86. The highest BCUT2D eigenvalue weighted by atomic mass is 35.5. The molecular formula is C17H11ClFN3OS. The first-order valence-corrected chi connectivity index (χ1v) is 8.54.